The Balaban J connectivity index is 1.29. The van der Waals surface area contributed by atoms with Gasteiger partial charge in [-0.1, -0.05) is 28.1 Å². The number of rotatable bonds is 8. The number of methoxy groups -OCH3 is 1. The van der Waals surface area contributed by atoms with E-state index < -0.39 is 23.7 Å². The van der Waals surface area contributed by atoms with Crippen molar-refractivity contribution in [3.63, 3.8) is 0 Å². The number of amides is 3. The molecular weight excluding hydrogens is 592 g/mol. The van der Waals surface area contributed by atoms with E-state index in [-0.39, 0.29) is 11.3 Å². The highest BCUT2D eigenvalue weighted by Gasteiger charge is 2.18. The number of nitrogens with zero attached hydrogens (tertiary/aromatic N) is 1. The second-order valence-electron chi connectivity index (χ2n) is 8.35. The number of esters is 1. The van der Waals surface area contributed by atoms with Crippen LogP contribution in [0, 0.1) is 0 Å². The van der Waals surface area contributed by atoms with Crippen molar-refractivity contribution in [3.8, 4) is 11.5 Å². The van der Waals surface area contributed by atoms with Gasteiger partial charge in [0.15, 0.2) is 0 Å². The first-order valence-electron chi connectivity index (χ1n) is 12.1. The monoisotopic (exact) mass is 614 g/mol. The number of hydrazone groups is 1. The lowest BCUT2D eigenvalue weighted by Gasteiger charge is -2.11. The third kappa shape index (κ3) is 8.10. The second kappa shape index (κ2) is 13.7. The number of benzene rings is 4. The van der Waals surface area contributed by atoms with Crippen molar-refractivity contribution in [1.82, 2.24) is 5.43 Å². The first-order valence-corrected chi connectivity index (χ1v) is 12.9. The lowest BCUT2D eigenvalue weighted by Crippen LogP contribution is -2.33. The van der Waals surface area contributed by atoms with Crippen molar-refractivity contribution in [3.05, 3.63) is 118 Å². The van der Waals surface area contributed by atoms with Gasteiger partial charge in [0.25, 0.3) is 5.91 Å². The molecule has 206 valence electrons. The molecule has 0 aliphatic rings. The van der Waals surface area contributed by atoms with Crippen LogP contribution in [0.3, 0.4) is 0 Å². The van der Waals surface area contributed by atoms with Crippen molar-refractivity contribution in [2.24, 2.45) is 5.10 Å². The summed E-state index contributed by atoms with van der Waals surface area (Å²) in [5.74, 6) is -2.09. The Labute approximate surface area is 243 Å². The number of para-hydroxylation sites is 1. The van der Waals surface area contributed by atoms with Crippen LogP contribution >= 0.6 is 15.9 Å². The number of hydrogen-bond acceptors (Lipinski definition) is 7. The zero-order valence-electron chi connectivity index (χ0n) is 21.6. The maximum atomic E-state index is 12.7. The van der Waals surface area contributed by atoms with E-state index in [9.17, 15) is 19.2 Å². The highest BCUT2D eigenvalue weighted by molar-refractivity contribution is 9.10. The lowest BCUT2D eigenvalue weighted by molar-refractivity contribution is -0.136. The summed E-state index contributed by atoms with van der Waals surface area (Å²) in [5.41, 5.74) is 3.98. The summed E-state index contributed by atoms with van der Waals surface area (Å²) in [5, 5.41) is 8.96. The third-order valence-electron chi connectivity index (χ3n) is 5.52. The maximum Gasteiger partial charge on any atom is 0.343 e. The molecule has 4 aromatic rings. The molecule has 11 heteroatoms. The number of anilines is 2. The van der Waals surface area contributed by atoms with E-state index in [0.717, 1.165) is 4.47 Å². The summed E-state index contributed by atoms with van der Waals surface area (Å²) in [6.07, 6.45) is 1.32. The maximum absolute atomic E-state index is 12.7. The quantitative estimate of drug-likeness (QED) is 0.0838. The van der Waals surface area contributed by atoms with Crippen LogP contribution in [0.5, 0.6) is 11.5 Å². The molecule has 3 N–H and O–H groups in total. The van der Waals surface area contributed by atoms with Gasteiger partial charge in [0.1, 0.15) is 11.5 Å². The average Bonchev–Trinajstić information content (AvgIpc) is 2.99. The fraction of sp³-hybridized carbons (Fsp3) is 0.0333. The molecule has 0 spiro atoms. The van der Waals surface area contributed by atoms with Gasteiger partial charge in [-0.3, -0.25) is 14.4 Å². The Hall–Kier alpha value is -5.29. The van der Waals surface area contributed by atoms with Gasteiger partial charge in [-0.15, -0.1) is 0 Å². The standard InChI is InChI=1S/C30H23BrN4O6/c1-40-23-16-8-20(9-17-23)30(39)41-24-14-6-19(7-15-24)18-32-35-29(38)28(37)34-26-5-3-2-4-25(26)27(36)33-22-12-10-21(31)11-13-22/h2-18H,1H3,(H,33,36)(H,34,37)(H,35,38)/b32-18+. The molecule has 0 fully saturated rings. The van der Waals surface area contributed by atoms with Gasteiger partial charge in [-0.2, -0.15) is 5.10 Å². The van der Waals surface area contributed by atoms with E-state index in [1.54, 1.807) is 84.9 Å². The van der Waals surface area contributed by atoms with E-state index in [2.05, 4.69) is 37.1 Å². The van der Waals surface area contributed by atoms with Crippen LogP contribution in [0.25, 0.3) is 0 Å². The number of carbonyl (C=O) groups excluding carboxylic acids is 4. The van der Waals surface area contributed by atoms with E-state index in [0.29, 0.717) is 28.3 Å². The van der Waals surface area contributed by atoms with Crippen LogP contribution in [0.4, 0.5) is 11.4 Å². The molecule has 0 atom stereocenters. The highest BCUT2D eigenvalue weighted by atomic mass is 79.9. The molecule has 3 amide bonds. The molecule has 0 radical (unpaired) electrons. The Morgan fingerprint density at radius 1 is 0.756 bits per heavy atom. The first-order chi connectivity index (χ1) is 19.8. The molecule has 0 aromatic heterocycles. The predicted molar refractivity (Wildman–Crippen MR) is 157 cm³/mol. The van der Waals surface area contributed by atoms with E-state index in [4.69, 9.17) is 9.47 Å². The summed E-state index contributed by atoms with van der Waals surface area (Å²) >= 11 is 3.33. The molecule has 0 saturated carbocycles. The summed E-state index contributed by atoms with van der Waals surface area (Å²) in [6.45, 7) is 0. The Kier molecular flexibility index (Phi) is 9.57. The molecule has 0 heterocycles. The molecule has 0 saturated heterocycles. The lowest BCUT2D eigenvalue weighted by atomic mass is 10.1. The molecule has 41 heavy (non-hydrogen) atoms. The van der Waals surface area contributed by atoms with Gasteiger partial charge in [0.05, 0.1) is 30.1 Å². The van der Waals surface area contributed by atoms with Crippen molar-refractivity contribution in [1.29, 1.82) is 0 Å². The number of nitrogens with one attached hydrogen (secondary N) is 3. The van der Waals surface area contributed by atoms with Crippen molar-refractivity contribution < 1.29 is 28.7 Å². The van der Waals surface area contributed by atoms with Crippen molar-refractivity contribution in [2.45, 2.75) is 0 Å². The van der Waals surface area contributed by atoms with Crippen LogP contribution in [-0.2, 0) is 9.59 Å². The number of carbonyl (C=O) groups is 4. The molecule has 4 rings (SSSR count). The minimum Gasteiger partial charge on any atom is -0.497 e. The normalized spacial score (nSPS) is 10.5. The van der Waals surface area contributed by atoms with Gasteiger partial charge in [0, 0.05) is 10.2 Å². The van der Waals surface area contributed by atoms with Gasteiger partial charge < -0.3 is 20.1 Å². The minimum atomic E-state index is -1.03. The molecule has 4 aromatic carbocycles. The number of halogens is 1. The molecule has 0 aliphatic carbocycles. The zero-order valence-corrected chi connectivity index (χ0v) is 23.2. The SMILES string of the molecule is COc1ccc(C(=O)Oc2ccc(/C=N/NC(=O)C(=O)Nc3ccccc3C(=O)Nc3ccc(Br)cc3)cc2)cc1. The van der Waals surface area contributed by atoms with Crippen molar-refractivity contribution >= 4 is 57.2 Å². The topological polar surface area (TPSA) is 135 Å². The molecular formula is C30H23BrN4O6. The largest absolute Gasteiger partial charge is 0.497 e. The third-order valence-corrected chi connectivity index (χ3v) is 6.05. The van der Waals surface area contributed by atoms with Gasteiger partial charge in [0.2, 0.25) is 0 Å². The van der Waals surface area contributed by atoms with Crippen LogP contribution in [0.2, 0.25) is 0 Å². The predicted octanol–water partition coefficient (Wildman–Crippen LogP) is 5.02. The van der Waals surface area contributed by atoms with Gasteiger partial charge in [-0.25, -0.2) is 10.2 Å². The fourth-order valence-electron chi connectivity index (χ4n) is 3.43. The summed E-state index contributed by atoms with van der Waals surface area (Å²) in [6, 6.07) is 26.2. The van der Waals surface area contributed by atoms with E-state index in [1.165, 1.54) is 25.5 Å². The molecule has 0 aliphatic heterocycles. The second-order valence-corrected chi connectivity index (χ2v) is 9.26. The summed E-state index contributed by atoms with van der Waals surface area (Å²) < 4.78 is 11.3. The summed E-state index contributed by atoms with van der Waals surface area (Å²) in [7, 11) is 1.54. The van der Waals surface area contributed by atoms with Gasteiger partial charge in [-0.05, 0) is 90.5 Å². The number of ether oxygens (including phenoxy) is 2. The fourth-order valence-corrected chi connectivity index (χ4v) is 3.70. The van der Waals surface area contributed by atoms with E-state index in [1.807, 2.05) is 0 Å². The smallest absolute Gasteiger partial charge is 0.343 e. The van der Waals surface area contributed by atoms with Crippen LogP contribution in [0.1, 0.15) is 26.3 Å². The molecule has 0 unspecified atom stereocenters. The Morgan fingerprint density at radius 2 is 1.41 bits per heavy atom. The summed E-state index contributed by atoms with van der Waals surface area (Å²) in [4.78, 5) is 49.8. The Bertz CT molecular complexity index is 1590. The first kappa shape index (κ1) is 28.7. The Morgan fingerprint density at radius 3 is 2.10 bits per heavy atom. The molecule has 0 bridgehead atoms. The van der Waals surface area contributed by atoms with E-state index >= 15 is 0 Å². The minimum absolute atomic E-state index is 0.158. The zero-order chi connectivity index (χ0) is 29.2. The van der Waals surface area contributed by atoms with Crippen molar-refractivity contribution in [2.75, 3.05) is 17.7 Å². The van der Waals surface area contributed by atoms with Gasteiger partial charge >= 0.3 is 17.8 Å². The average molecular weight is 615 g/mol. The van der Waals surface area contributed by atoms with Crippen LogP contribution in [-0.4, -0.2) is 37.0 Å². The van der Waals surface area contributed by atoms with Crippen LogP contribution in [0.15, 0.2) is 107 Å². The van der Waals surface area contributed by atoms with Crippen LogP contribution < -0.4 is 25.5 Å². The molecule has 10 nitrogen and oxygen atoms in total. The number of hydrogen-bond donors (Lipinski definition) is 3. The highest BCUT2D eigenvalue weighted by Crippen LogP contribution is 2.19.